The van der Waals surface area contributed by atoms with Crippen molar-refractivity contribution < 1.29 is 28.2 Å². The molecule has 1 atom stereocenters. The molecule has 3 aromatic rings. The second kappa shape index (κ2) is 14.7. The van der Waals surface area contributed by atoms with Gasteiger partial charge < -0.3 is 34.2 Å². The molecule has 9 nitrogen and oxygen atoms in total. The van der Waals surface area contributed by atoms with Crippen LogP contribution in [0.4, 0.5) is 0 Å². The third kappa shape index (κ3) is 7.37. The van der Waals surface area contributed by atoms with E-state index in [-0.39, 0.29) is 22.3 Å². The number of nitrogens with two attached hydrogens (primary N) is 1. The summed E-state index contributed by atoms with van der Waals surface area (Å²) in [6.07, 6.45) is 3.06. The van der Waals surface area contributed by atoms with E-state index in [1.807, 2.05) is 35.2 Å². The molecule has 0 aromatic heterocycles. The number of primary amides is 1. The lowest BCUT2D eigenvalue weighted by Crippen LogP contribution is -2.50. The minimum Gasteiger partial charge on any atom is -0.544 e. The molecule has 270 valence electrons. The topological polar surface area (TPSA) is 104 Å². The molecule has 5 rings (SSSR count). The highest BCUT2D eigenvalue weighted by Gasteiger charge is 2.45. The molecule has 0 bridgehead atoms. The molecule has 50 heavy (non-hydrogen) atoms. The SMILES string of the molecule is COc1cc(C(=O)N2CCC(CCN3CCC(C(N)=O)(c4ccccc4)CC3)(c3ccc(O[Si](C)(C)C(C)(C)C)cc3)C2)cc(OC)c1OC. The van der Waals surface area contributed by atoms with Crippen LogP contribution in [0.15, 0.2) is 66.7 Å². The lowest BCUT2D eigenvalue weighted by atomic mass is 9.71. The van der Waals surface area contributed by atoms with Crippen LogP contribution in [0.3, 0.4) is 0 Å². The lowest BCUT2D eigenvalue weighted by molar-refractivity contribution is -0.125. The summed E-state index contributed by atoms with van der Waals surface area (Å²) < 4.78 is 23.2. The van der Waals surface area contributed by atoms with Crippen LogP contribution in [0.1, 0.15) is 67.9 Å². The summed E-state index contributed by atoms with van der Waals surface area (Å²) in [6.45, 7) is 14.9. The van der Waals surface area contributed by atoms with Gasteiger partial charge in [0.1, 0.15) is 5.75 Å². The van der Waals surface area contributed by atoms with Gasteiger partial charge in [-0.2, -0.15) is 0 Å². The maximum Gasteiger partial charge on any atom is 0.254 e. The van der Waals surface area contributed by atoms with Gasteiger partial charge in [-0.15, -0.1) is 0 Å². The zero-order chi connectivity index (χ0) is 36.3. The van der Waals surface area contributed by atoms with Gasteiger partial charge in [-0.1, -0.05) is 63.2 Å². The molecule has 2 amide bonds. The summed E-state index contributed by atoms with van der Waals surface area (Å²) in [5.41, 5.74) is 7.83. The number of nitrogens with zero attached hydrogens (tertiary/aromatic N) is 2. The average molecular weight is 702 g/mol. The Bertz CT molecular complexity index is 1620. The molecular formula is C40H55N3O6Si. The van der Waals surface area contributed by atoms with E-state index < -0.39 is 13.7 Å². The third-order valence-corrected chi connectivity index (χ3v) is 16.0. The van der Waals surface area contributed by atoms with Crippen molar-refractivity contribution in [2.45, 2.75) is 75.4 Å². The molecule has 2 N–H and O–H groups in total. The molecule has 1 unspecified atom stereocenters. The fraction of sp³-hybridized carbons (Fsp3) is 0.500. The average Bonchev–Trinajstić information content (AvgIpc) is 3.55. The highest BCUT2D eigenvalue weighted by Crippen LogP contribution is 2.43. The minimum atomic E-state index is -2.00. The monoisotopic (exact) mass is 701 g/mol. The first kappa shape index (κ1) is 37.2. The predicted octanol–water partition coefficient (Wildman–Crippen LogP) is 6.79. The fourth-order valence-electron chi connectivity index (χ4n) is 7.31. The molecule has 0 saturated carbocycles. The molecule has 10 heteroatoms. The van der Waals surface area contributed by atoms with E-state index in [1.165, 1.54) is 5.56 Å². The Morgan fingerprint density at radius 3 is 1.94 bits per heavy atom. The summed E-state index contributed by atoms with van der Waals surface area (Å²) in [6, 6.07) is 22.0. The zero-order valence-electron chi connectivity index (χ0n) is 31.1. The van der Waals surface area contributed by atoms with Gasteiger partial charge in [-0.25, -0.2) is 0 Å². The summed E-state index contributed by atoms with van der Waals surface area (Å²) >= 11 is 0. The number of benzene rings is 3. The summed E-state index contributed by atoms with van der Waals surface area (Å²) in [4.78, 5) is 31.3. The van der Waals surface area contributed by atoms with Gasteiger partial charge in [0.25, 0.3) is 5.91 Å². The molecular weight excluding hydrogens is 647 g/mol. The van der Waals surface area contributed by atoms with Crippen molar-refractivity contribution in [3.05, 3.63) is 83.4 Å². The van der Waals surface area contributed by atoms with E-state index in [0.717, 1.165) is 43.8 Å². The highest BCUT2D eigenvalue weighted by molar-refractivity contribution is 6.74. The molecule has 0 radical (unpaired) electrons. The quantitative estimate of drug-likeness (QED) is 0.208. The molecule has 3 aromatic carbocycles. The smallest absolute Gasteiger partial charge is 0.254 e. The normalized spacial score (nSPS) is 19.6. The van der Waals surface area contributed by atoms with Crippen LogP contribution >= 0.6 is 0 Å². The Hall–Kier alpha value is -4.02. The van der Waals surface area contributed by atoms with Crippen LogP contribution in [0.2, 0.25) is 18.1 Å². The maximum absolute atomic E-state index is 14.1. The minimum absolute atomic E-state index is 0.0731. The van der Waals surface area contributed by atoms with Crippen molar-refractivity contribution in [1.29, 1.82) is 0 Å². The number of carbonyl (C=O) groups excluding carboxylic acids is 2. The van der Waals surface area contributed by atoms with E-state index in [0.29, 0.717) is 48.7 Å². The summed E-state index contributed by atoms with van der Waals surface area (Å²) in [7, 11) is 2.66. The Morgan fingerprint density at radius 2 is 1.42 bits per heavy atom. The Morgan fingerprint density at radius 1 is 0.820 bits per heavy atom. The highest BCUT2D eigenvalue weighted by atomic mass is 28.4. The van der Waals surface area contributed by atoms with E-state index in [1.54, 1.807) is 33.5 Å². The second-order valence-electron chi connectivity index (χ2n) is 15.5. The number of hydrogen-bond donors (Lipinski definition) is 1. The molecule has 0 aliphatic carbocycles. The number of rotatable bonds is 12. The van der Waals surface area contributed by atoms with Crippen molar-refractivity contribution in [2.75, 3.05) is 54.1 Å². The van der Waals surface area contributed by atoms with E-state index >= 15 is 0 Å². The Labute approximate surface area is 299 Å². The zero-order valence-corrected chi connectivity index (χ0v) is 32.1. The van der Waals surface area contributed by atoms with Crippen LogP contribution in [0, 0.1) is 0 Å². The molecule has 2 heterocycles. The van der Waals surface area contributed by atoms with Gasteiger partial charge in [-0.05, 0) is 98.8 Å². The number of ether oxygens (including phenoxy) is 3. The van der Waals surface area contributed by atoms with Gasteiger partial charge in [0.15, 0.2) is 11.5 Å². The predicted molar refractivity (Wildman–Crippen MR) is 200 cm³/mol. The van der Waals surface area contributed by atoms with Crippen LogP contribution in [0.5, 0.6) is 23.0 Å². The van der Waals surface area contributed by atoms with Gasteiger partial charge in [-0.3, -0.25) is 9.59 Å². The van der Waals surface area contributed by atoms with Crippen molar-refractivity contribution in [3.8, 4) is 23.0 Å². The maximum atomic E-state index is 14.1. The number of methoxy groups -OCH3 is 3. The molecule has 2 aliphatic rings. The van der Waals surface area contributed by atoms with Gasteiger partial charge in [0.2, 0.25) is 20.0 Å². The van der Waals surface area contributed by atoms with Crippen molar-refractivity contribution in [1.82, 2.24) is 9.80 Å². The molecule has 2 fully saturated rings. The van der Waals surface area contributed by atoms with Gasteiger partial charge in [0, 0.05) is 24.1 Å². The van der Waals surface area contributed by atoms with Crippen molar-refractivity contribution in [2.24, 2.45) is 5.73 Å². The van der Waals surface area contributed by atoms with Gasteiger partial charge >= 0.3 is 0 Å². The molecule has 2 aliphatic heterocycles. The van der Waals surface area contributed by atoms with Crippen LogP contribution in [-0.4, -0.2) is 84.0 Å². The van der Waals surface area contributed by atoms with Crippen molar-refractivity contribution >= 4 is 20.1 Å². The first-order valence-corrected chi connectivity index (χ1v) is 20.6. The summed E-state index contributed by atoms with van der Waals surface area (Å²) in [5, 5.41) is 0.0904. The Kier molecular flexibility index (Phi) is 10.9. The van der Waals surface area contributed by atoms with Gasteiger partial charge in [0.05, 0.1) is 26.7 Å². The summed E-state index contributed by atoms with van der Waals surface area (Å²) in [5.74, 6) is 1.92. The van der Waals surface area contributed by atoms with E-state index in [9.17, 15) is 9.59 Å². The number of piperidine rings is 1. The number of amides is 2. The van der Waals surface area contributed by atoms with Crippen LogP contribution in [-0.2, 0) is 15.6 Å². The number of likely N-dealkylation sites (tertiary alicyclic amines) is 2. The second-order valence-corrected chi connectivity index (χ2v) is 20.2. The van der Waals surface area contributed by atoms with Crippen LogP contribution < -0.4 is 24.4 Å². The fourth-order valence-corrected chi connectivity index (χ4v) is 8.34. The third-order valence-electron chi connectivity index (χ3n) is 11.6. The number of hydrogen-bond acceptors (Lipinski definition) is 7. The van der Waals surface area contributed by atoms with Crippen molar-refractivity contribution in [3.63, 3.8) is 0 Å². The number of carbonyl (C=O) groups is 2. The van der Waals surface area contributed by atoms with Crippen LogP contribution in [0.25, 0.3) is 0 Å². The lowest BCUT2D eigenvalue weighted by Gasteiger charge is -2.41. The first-order chi connectivity index (χ1) is 23.7. The first-order valence-electron chi connectivity index (χ1n) is 17.7. The largest absolute Gasteiger partial charge is 0.544 e. The Balaban J connectivity index is 1.39. The molecule has 2 saturated heterocycles. The molecule has 0 spiro atoms. The van der Waals surface area contributed by atoms with E-state index in [2.05, 4.69) is 63.0 Å². The van der Waals surface area contributed by atoms with E-state index in [4.69, 9.17) is 24.4 Å². The standard InChI is InChI=1S/C40H55N3O6Si/c1-38(2,3)50(7,8)49-32-16-14-30(15-17-32)39(18-22-42-23-20-40(21-24-42,37(41)45)31-12-10-9-11-13-31)19-25-43(28-39)36(44)29-26-33(46-4)35(48-6)34(27-29)47-5/h9-17,26-27H,18-25,28H2,1-8H3,(H2,41,45).